The van der Waals surface area contributed by atoms with Gasteiger partial charge in [-0.15, -0.1) is 0 Å². The van der Waals surface area contributed by atoms with Crippen LogP contribution in [-0.2, 0) is 0 Å². The van der Waals surface area contributed by atoms with Gasteiger partial charge in [-0.05, 0) is 110 Å². The smallest absolute Gasteiger partial charge is 0.00596 e. The molecule has 4 rings (SSSR count). The molecule has 4 aliphatic carbocycles. The summed E-state index contributed by atoms with van der Waals surface area (Å²) in [5.41, 5.74) is 4.10. The summed E-state index contributed by atoms with van der Waals surface area (Å²) in [7, 11) is 0. The van der Waals surface area contributed by atoms with Crippen molar-refractivity contribution in [3.63, 3.8) is 0 Å². The average Bonchev–Trinajstić information content (AvgIpc) is 3.08. The standard InChI is InChI=1S/C31H54/c1-8-23-17-19-30(6)25(22-23)14-16-27-26-15-13-24(12-10-11-18-28(3,4)9-2)29(26,5)20-21-31(27,30)7/h14,23-24,26-27H,8-13,15-22H2,1-7H3. The van der Waals surface area contributed by atoms with Crippen molar-refractivity contribution in [2.75, 3.05) is 0 Å². The summed E-state index contributed by atoms with van der Waals surface area (Å²) in [5, 5.41) is 0. The normalized spacial score (nSPS) is 44.9. The number of hydrogen-bond acceptors (Lipinski definition) is 0. The molecule has 31 heavy (non-hydrogen) atoms. The first-order valence-corrected chi connectivity index (χ1v) is 14.3. The van der Waals surface area contributed by atoms with Crippen molar-refractivity contribution < 1.29 is 0 Å². The lowest BCUT2D eigenvalue weighted by molar-refractivity contribution is -0.111. The van der Waals surface area contributed by atoms with Crippen LogP contribution in [0, 0.1) is 45.3 Å². The molecule has 0 aromatic heterocycles. The van der Waals surface area contributed by atoms with Gasteiger partial charge in [0.1, 0.15) is 0 Å². The van der Waals surface area contributed by atoms with E-state index in [1.807, 2.05) is 5.57 Å². The molecule has 4 aliphatic rings. The zero-order valence-corrected chi connectivity index (χ0v) is 22.3. The van der Waals surface area contributed by atoms with Crippen LogP contribution in [0.3, 0.4) is 0 Å². The quantitative estimate of drug-likeness (QED) is 0.280. The summed E-state index contributed by atoms with van der Waals surface area (Å²) in [6.45, 7) is 17.9. The van der Waals surface area contributed by atoms with Gasteiger partial charge >= 0.3 is 0 Å². The van der Waals surface area contributed by atoms with E-state index in [0.717, 1.165) is 23.7 Å². The third-order valence-electron chi connectivity index (χ3n) is 12.4. The second-order valence-electron chi connectivity index (χ2n) is 14.0. The van der Waals surface area contributed by atoms with Crippen LogP contribution in [0.1, 0.15) is 138 Å². The molecule has 0 radical (unpaired) electrons. The molecule has 7 atom stereocenters. The molecule has 0 aliphatic heterocycles. The summed E-state index contributed by atoms with van der Waals surface area (Å²) < 4.78 is 0. The Balaban J connectivity index is 1.46. The maximum absolute atomic E-state index is 2.78. The lowest BCUT2D eigenvalue weighted by Gasteiger charge is -2.64. The number of fused-ring (bicyclic) bond motifs is 5. The van der Waals surface area contributed by atoms with Gasteiger partial charge in [-0.2, -0.15) is 0 Å². The van der Waals surface area contributed by atoms with Crippen LogP contribution < -0.4 is 0 Å². The number of allylic oxidation sites excluding steroid dienone is 2. The summed E-state index contributed by atoms with van der Waals surface area (Å²) >= 11 is 0. The van der Waals surface area contributed by atoms with E-state index in [2.05, 4.69) is 54.5 Å². The molecule has 0 spiro atoms. The fourth-order valence-corrected chi connectivity index (χ4v) is 9.18. The van der Waals surface area contributed by atoms with Crippen molar-refractivity contribution in [2.24, 2.45) is 45.3 Å². The van der Waals surface area contributed by atoms with Crippen LogP contribution in [0.4, 0.5) is 0 Å². The van der Waals surface area contributed by atoms with E-state index in [4.69, 9.17) is 0 Å². The summed E-state index contributed by atoms with van der Waals surface area (Å²) in [5.74, 6) is 3.90. The highest BCUT2D eigenvalue weighted by Gasteiger charge is 2.63. The first kappa shape index (κ1) is 23.9. The molecule has 0 aromatic rings. The summed E-state index contributed by atoms with van der Waals surface area (Å²) in [6.07, 6.45) is 23.1. The van der Waals surface area contributed by atoms with Crippen LogP contribution in [-0.4, -0.2) is 0 Å². The Labute approximate surface area is 195 Å². The van der Waals surface area contributed by atoms with Crippen molar-refractivity contribution in [2.45, 2.75) is 138 Å². The minimum Gasteiger partial charge on any atom is -0.0844 e. The molecule has 0 nitrogen and oxygen atoms in total. The van der Waals surface area contributed by atoms with E-state index in [-0.39, 0.29) is 0 Å². The Bertz CT molecular complexity index is 670. The third-order valence-corrected chi connectivity index (χ3v) is 12.4. The largest absolute Gasteiger partial charge is 0.0844 e. The van der Waals surface area contributed by atoms with E-state index >= 15 is 0 Å². The Morgan fingerprint density at radius 3 is 2.42 bits per heavy atom. The van der Waals surface area contributed by atoms with E-state index < -0.39 is 0 Å². The monoisotopic (exact) mass is 426 g/mol. The fraction of sp³-hybridized carbons (Fsp3) is 0.935. The van der Waals surface area contributed by atoms with E-state index in [1.165, 1.54) is 89.9 Å². The maximum Gasteiger partial charge on any atom is -0.00596 e. The number of rotatable bonds is 7. The lowest BCUT2D eigenvalue weighted by Crippen LogP contribution is -2.56. The van der Waals surface area contributed by atoms with Crippen LogP contribution >= 0.6 is 0 Å². The minimum absolute atomic E-state index is 0.493. The van der Waals surface area contributed by atoms with Crippen LogP contribution in [0.25, 0.3) is 0 Å². The Morgan fingerprint density at radius 2 is 1.71 bits per heavy atom. The van der Waals surface area contributed by atoms with Crippen LogP contribution in [0.2, 0.25) is 0 Å². The molecule has 178 valence electrons. The molecule has 0 heterocycles. The number of unbranched alkanes of at least 4 members (excludes halogenated alkanes) is 1. The lowest BCUT2D eigenvalue weighted by atomic mass is 9.40. The van der Waals surface area contributed by atoms with Crippen LogP contribution in [0.5, 0.6) is 0 Å². The summed E-state index contributed by atoms with van der Waals surface area (Å²) in [6, 6.07) is 0. The minimum atomic E-state index is 0.493. The molecule has 0 N–H and O–H groups in total. The topological polar surface area (TPSA) is 0 Å². The highest BCUT2D eigenvalue weighted by atomic mass is 14.7. The SMILES string of the molecule is CCC1CCC2(C)C(=CCC3C4CCC(CCCCC(C)(C)CC)C4(C)CCC32C)C1. The molecule has 0 saturated heterocycles. The van der Waals surface area contributed by atoms with Crippen molar-refractivity contribution in [3.05, 3.63) is 11.6 Å². The zero-order chi connectivity index (χ0) is 22.5. The van der Waals surface area contributed by atoms with Gasteiger partial charge in [0.25, 0.3) is 0 Å². The predicted octanol–water partition coefficient (Wildman–Crippen LogP) is 9.98. The van der Waals surface area contributed by atoms with Gasteiger partial charge < -0.3 is 0 Å². The fourth-order valence-electron chi connectivity index (χ4n) is 9.18. The van der Waals surface area contributed by atoms with Crippen molar-refractivity contribution >= 4 is 0 Å². The molecule has 7 unspecified atom stereocenters. The first-order chi connectivity index (χ1) is 14.6. The van der Waals surface area contributed by atoms with Gasteiger partial charge in [0.05, 0.1) is 0 Å². The van der Waals surface area contributed by atoms with Gasteiger partial charge in [-0.3, -0.25) is 0 Å². The van der Waals surface area contributed by atoms with Gasteiger partial charge in [0.2, 0.25) is 0 Å². The second-order valence-corrected chi connectivity index (χ2v) is 14.0. The average molecular weight is 427 g/mol. The molecule has 0 amide bonds. The van der Waals surface area contributed by atoms with E-state index in [0.29, 0.717) is 21.7 Å². The highest BCUT2D eigenvalue weighted by molar-refractivity contribution is 5.28. The molecule has 3 fully saturated rings. The summed E-state index contributed by atoms with van der Waals surface area (Å²) in [4.78, 5) is 0. The second kappa shape index (κ2) is 8.51. The van der Waals surface area contributed by atoms with Gasteiger partial charge in [0.15, 0.2) is 0 Å². The van der Waals surface area contributed by atoms with Gasteiger partial charge in [0, 0.05) is 0 Å². The Hall–Kier alpha value is -0.260. The molecular weight excluding hydrogens is 372 g/mol. The van der Waals surface area contributed by atoms with Gasteiger partial charge in [-0.25, -0.2) is 0 Å². The molecule has 3 saturated carbocycles. The molecular formula is C31H54. The van der Waals surface area contributed by atoms with Gasteiger partial charge in [-0.1, -0.05) is 85.8 Å². The molecule has 0 aromatic carbocycles. The maximum atomic E-state index is 2.78. The van der Waals surface area contributed by atoms with E-state index in [9.17, 15) is 0 Å². The third kappa shape index (κ3) is 3.89. The van der Waals surface area contributed by atoms with E-state index in [1.54, 1.807) is 0 Å². The Morgan fingerprint density at radius 1 is 0.935 bits per heavy atom. The molecule has 0 heteroatoms. The van der Waals surface area contributed by atoms with Crippen molar-refractivity contribution in [1.29, 1.82) is 0 Å². The first-order valence-electron chi connectivity index (χ1n) is 14.3. The van der Waals surface area contributed by atoms with Crippen LogP contribution in [0.15, 0.2) is 11.6 Å². The predicted molar refractivity (Wildman–Crippen MR) is 136 cm³/mol. The van der Waals surface area contributed by atoms with Crippen molar-refractivity contribution in [3.8, 4) is 0 Å². The zero-order valence-electron chi connectivity index (χ0n) is 22.3. The number of hydrogen-bond donors (Lipinski definition) is 0. The molecule has 0 bridgehead atoms. The highest BCUT2D eigenvalue weighted by Crippen LogP contribution is 2.72. The van der Waals surface area contributed by atoms with Crippen molar-refractivity contribution in [1.82, 2.24) is 0 Å². The Kier molecular flexibility index (Phi) is 6.55.